The van der Waals surface area contributed by atoms with E-state index < -0.39 is 6.04 Å². The standard InChI is InChI=1S/C24H28FN3O2S/c25-20-11-9-19(10-12-20)24-28(23(30)18-7-3-1-4-8-18)21(17-31-24)22(29)26-13-16-27-14-5-2-6-15-27/h1,3-4,7-12,21,24H,2,5-6,13-17H2,(H,26,29). The third kappa shape index (κ3) is 5.28. The van der Waals surface area contributed by atoms with Crippen LogP contribution in [0.3, 0.4) is 0 Å². The molecule has 2 unspecified atom stereocenters. The van der Waals surface area contributed by atoms with Gasteiger partial charge in [-0.15, -0.1) is 11.8 Å². The first-order valence-electron chi connectivity index (χ1n) is 10.9. The molecule has 5 nitrogen and oxygen atoms in total. The molecule has 164 valence electrons. The van der Waals surface area contributed by atoms with Crippen molar-refractivity contribution in [3.05, 3.63) is 71.5 Å². The second kappa shape index (κ2) is 10.3. The van der Waals surface area contributed by atoms with Gasteiger partial charge in [0.2, 0.25) is 5.91 Å². The van der Waals surface area contributed by atoms with E-state index in [1.807, 2.05) is 18.2 Å². The van der Waals surface area contributed by atoms with Crippen LogP contribution in [0.1, 0.15) is 40.6 Å². The highest BCUT2D eigenvalue weighted by Gasteiger charge is 2.42. The molecule has 2 amide bonds. The van der Waals surface area contributed by atoms with Crippen LogP contribution in [0.2, 0.25) is 0 Å². The molecule has 2 saturated heterocycles. The molecule has 2 atom stereocenters. The zero-order chi connectivity index (χ0) is 21.6. The zero-order valence-electron chi connectivity index (χ0n) is 17.5. The lowest BCUT2D eigenvalue weighted by atomic mass is 10.1. The van der Waals surface area contributed by atoms with E-state index in [9.17, 15) is 14.0 Å². The Morgan fingerprint density at radius 3 is 2.42 bits per heavy atom. The number of hydrogen-bond acceptors (Lipinski definition) is 4. The molecule has 2 heterocycles. The molecule has 0 aromatic heterocycles. The first-order chi connectivity index (χ1) is 15.1. The summed E-state index contributed by atoms with van der Waals surface area (Å²) >= 11 is 1.54. The summed E-state index contributed by atoms with van der Waals surface area (Å²) in [4.78, 5) is 30.5. The van der Waals surface area contributed by atoms with E-state index in [0.29, 0.717) is 17.9 Å². The highest BCUT2D eigenvalue weighted by molar-refractivity contribution is 7.99. The minimum Gasteiger partial charge on any atom is -0.353 e. The molecule has 7 heteroatoms. The molecule has 31 heavy (non-hydrogen) atoms. The Labute approximate surface area is 187 Å². The topological polar surface area (TPSA) is 52.7 Å². The maximum absolute atomic E-state index is 13.4. The van der Waals surface area contributed by atoms with Crippen LogP contribution >= 0.6 is 11.8 Å². The van der Waals surface area contributed by atoms with Crippen LogP contribution in [-0.2, 0) is 4.79 Å². The number of halogens is 1. The van der Waals surface area contributed by atoms with Crippen molar-refractivity contribution in [2.24, 2.45) is 0 Å². The molecule has 2 aromatic rings. The number of thioether (sulfide) groups is 1. The summed E-state index contributed by atoms with van der Waals surface area (Å²) in [5, 5.41) is 2.71. The third-order valence-corrected chi connectivity index (χ3v) is 7.21. The summed E-state index contributed by atoms with van der Waals surface area (Å²) in [6.45, 7) is 3.58. The summed E-state index contributed by atoms with van der Waals surface area (Å²) in [5.74, 6) is -0.120. The van der Waals surface area contributed by atoms with Crippen LogP contribution in [0.15, 0.2) is 54.6 Å². The molecule has 2 aromatic carbocycles. The van der Waals surface area contributed by atoms with Gasteiger partial charge < -0.3 is 15.1 Å². The van der Waals surface area contributed by atoms with Crippen molar-refractivity contribution >= 4 is 23.6 Å². The van der Waals surface area contributed by atoms with Gasteiger partial charge in [-0.1, -0.05) is 36.8 Å². The van der Waals surface area contributed by atoms with Gasteiger partial charge in [0.15, 0.2) is 0 Å². The third-order valence-electron chi connectivity index (χ3n) is 5.89. The largest absolute Gasteiger partial charge is 0.353 e. The fourth-order valence-electron chi connectivity index (χ4n) is 4.21. The molecule has 2 aliphatic rings. The lowest BCUT2D eigenvalue weighted by Gasteiger charge is -2.30. The van der Waals surface area contributed by atoms with Crippen molar-refractivity contribution in [1.82, 2.24) is 15.1 Å². The number of piperidine rings is 1. The summed E-state index contributed by atoms with van der Waals surface area (Å²) < 4.78 is 13.4. The van der Waals surface area contributed by atoms with Crippen molar-refractivity contribution in [2.45, 2.75) is 30.7 Å². The van der Waals surface area contributed by atoms with Crippen LogP contribution < -0.4 is 5.32 Å². The van der Waals surface area contributed by atoms with Crippen molar-refractivity contribution in [3.8, 4) is 0 Å². The fraction of sp³-hybridized carbons (Fsp3) is 0.417. The van der Waals surface area contributed by atoms with E-state index >= 15 is 0 Å². The fourth-order valence-corrected chi connectivity index (χ4v) is 5.64. The Kier molecular flexibility index (Phi) is 7.25. The first kappa shape index (κ1) is 21.8. The lowest BCUT2D eigenvalue weighted by Crippen LogP contribution is -2.49. The van der Waals surface area contributed by atoms with Gasteiger partial charge in [0.1, 0.15) is 17.2 Å². The van der Waals surface area contributed by atoms with Crippen LogP contribution in [0, 0.1) is 5.82 Å². The number of amides is 2. The predicted molar refractivity (Wildman–Crippen MR) is 121 cm³/mol. The smallest absolute Gasteiger partial charge is 0.255 e. The monoisotopic (exact) mass is 441 g/mol. The van der Waals surface area contributed by atoms with Crippen LogP contribution in [-0.4, -0.2) is 59.6 Å². The van der Waals surface area contributed by atoms with E-state index in [-0.39, 0.29) is 23.0 Å². The highest BCUT2D eigenvalue weighted by Crippen LogP contribution is 2.42. The van der Waals surface area contributed by atoms with Crippen LogP contribution in [0.25, 0.3) is 0 Å². The number of rotatable bonds is 6. The molecule has 0 spiro atoms. The van der Waals surface area contributed by atoms with E-state index in [4.69, 9.17) is 0 Å². The van der Waals surface area contributed by atoms with Gasteiger partial charge in [-0.3, -0.25) is 9.59 Å². The highest BCUT2D eigenvalue weighted by atomic mass is 32.2. The number of carbonyl (C=O) groups excluding carboxylic acids is 2. The SMILES string of the molecule is O=C(NCCN1CCCCC1)C1CSC(c2ccc(F)cc2)N1C(=O)c1ccccc1. The molecular formula is C24H28FN3O2S. The Hall–Kier alpha value is -2.38. The normalized spacial score (nSPS) is 21.8. The molecule has 2 aliphatic heterocycles. The van der Waals surface area contributed by atoms with Gasteiger partial charge in [0.25, 0.3) is 5.91 Å². The maximum Gasteiger partial charge on any atom is 0.255 e. The Balaban J connectivity index is 1.49. The van der Waals surface area contributed by atoms with E-state index in [0.717, 1.165) is 25.2 Å². The minimum atomic E-state index is -0.561. The average Bonchev–Trinajstić information content (AvgIpc) is 3.25. The number of benzene rings is 2. The lowest BCUT2D eigenvalue weighted by molar-refractivity contribution is -0.124. The number of hydrogen-bond donors (Lipinski definition) is 1. The van der Waals surface area contributed by atoms with Crippen molar-refractivity contribution in [3.63, 3.8) is 0 Å². The van der Waals surface area contributed by atoms with Gasteiger partial charge in [-0.2, -0.15) is 0 Å². The molecule has 1 N–H and O–H groups in total. The Morgan fingerprint density at radius 2 is 1.71 bits per heavy atom. The van der Waals surface area contributed by atoms with Gasteiger partial charge >= 0.3 is 0 Å². The second-order valence-corrected chi connectivity index (χ2v) is 9.14. The van der Waals surface area contributed by atoms with Crippen LogP contribution in [0.5, 0.6) is 0 Å². The van der Waals surface area contributed by atoms with E-state index in [1.165, 1.54) is 31.4 Å². The summed E-state index contributed by atoms with van der Waals surface area (Å²) in [7, 11) is 0. The second-order valence-electron chi connectivity index (χ2n) is 8.02. The van der Waals surface area contributed by atoms with Crippen molar-refractivity contribution in [2.75, 3.05) is 31.9 Å². The number of nitrogens with zero attached hydrogens (tertiary/aromatic N) is 2. The van der Waals surface area contributed by atoms with Gasteiger partial charge in [0.05, 0.1) is 0 Å². The molecule has 0 radical (unpaired) electrons. The van der Waals surface area contributed by atoms with Crippen LogP contribution in [0.4, 0.5) is 4.39 Å². The van der Waals surface area contributed by atoms with E-state index in [1.54, 1.807) is 40.9 Å². The molecule has 4 rings (SSSR count). The molecule has 2 fully saturated rings. The maximum atomic E-state index is 13.4. The van der Waals surface area contributed by atoms with Crippen molar-refractivity contribution in [1.29, 1.82) is 0 Å². The summed E-state index contributed by atoms with van der Waals surface area (Å²) in [6, 6.07) is 14.6. The van der Waals surface area contributed by atoms with E-state index in [2.05, 4.69) is 10.2 Å². The Bertz CT molecular complexity index is 887. The number of carbonyl (C=O) groups is 2. The summed E-state index contributed by atoms with van der Waals surface area (Å²) in [6.07, 6.45) is 3.71. The predicted octanol–water partition coefficient (Wildman–Crippen LogP) is 3.68. The zero-order valence-corrected chi connectivity index (χ0v) is 18.3. The van der Waals surface area contributed by atoms with Crippen molar-refractivity contribution < 1.29 is 14.0 Å². The van der Waals surface area contributed by atoms with Gasteiger partial charge in [-0.05, 0) is 55.8 Å². The average molecular weight is 442 g/mol. The number of nitrogens with one attached hydrogen (secondary N) is 1. The quantitative estimate of drug-likeness (QED) is 0.743. The number of likely N-dealkylation sites (tertiary alicyclic amines) is 1. The molecule has 0 aliphatic carbocycles. The Morgan fingerprint density at radius 1 is 1.00 bits per heavy atom. The minimum absolute atomic E-state index is 0.126. The first-order valence-corrected chi connectivity index (χ1v) is 11.9. The van der Waals surface area contributed by atoms with Gasteiger partial charge in [0, 0.05) is 24.4 Å². The molecular weight excluding hydrogens is 413 g/mol. The molecule has 0 bridgehead atoms. The van der Waals surface area contributed by atoms with Gasteiger partial charge in [-0.25, -0.2) is 4.39 Å². The molecule has 0 saturated carbocycles. The summed E-state index contributed by atoms with van der Waals surface area (Å²) in [5.41, 5.74) is 1.36.